The Morgan fingerprint density at radius 2 is 2.09 bits per heavy atom. The number of ether oxygens (including phenoxy) is 1. The molecule has 0 spiro atoms. The summed E-state index contributed by atoms with van der Waals surface area (Å²) in [5.74, 6) is 0.786. The molecule has 1 N–H and O–H groups in total. The standard InChI is InChI=1S/C17H17BrN2O2S/c1-2-19-17(21)14-10-15-13(11-16(18)23-15)20(14)8-9-22-12-6-4-3-5-7-12/h3-7,10-11H,2,8-9H2,1H3,(H,19,21). The quantitative estimate of drug-likeness (QED) is 0.679. The Hall–Kier alpha value is -1.79. The first-order chi connectivity index (χ1) is 11.2. The van der Waals surface area contributed by atoms with Crippen LogP contribution in [0.2, 0.25) is 0 Å². The number of benzene rings is 1. The molecule has 2 heterocycles. The maximum absolute atomic E-state index is 12.3. The van der Waals surface area contributed by atoms with Crippen molar-refractivity contribution in [1.82, 2.24) is 9.88 Å². The molecular formula is C17H17BrN2O2S. The molecule has 2 aromatic heterocycles. The molecular weight excluding hydrogens is 376 g/mol. The Kier molecular flexibility index (Phi) is 5.03. The number of aromatic nitrogens is 1. The van der Waals surface area contributed by atoms with Gasteiger partial charge in [-0.25, -0.2) is 0 Å². The number of hydrogen-bond acceptors (Lipinski definition) is 3. The van der Waals surface area contributed by atoms with Crippen molar-refractivity contribution in [2.75, 3.05) is 13.2 Å². The van der Waals surface area contributed by atoms with Crippen LogP contribution < -0.4 is 10.1 Å². The zero-order valence-corrected chi connectivity index (χ0v) is 15.1. The summed E-state index contributed by atoms with van der Waals surface area (Å²) in [6.07, 6.45) is 0. The smallest absolute Gasteiger partial charge is 0.267 e. The van der Waals surface area contributed by atoms with E-state index in [1.807, 2.05) is 54.0 Å². The molecule has 4 nitrogen and oxygen atoms in total. The van der Waals surface area contributed by atoms with Gasteiger partial charge in [0.1, 0.15) is 18.1 Å². The number of thiophene rings is 1. The van der Waals surface area contributed by atoms with Crippen LogP contribution >= 0.6 is 27.3 Å². The first kappa shape index (κ1) is 16.1. The summed E-state index contributed by atoms with van der Waals surface area (Å²) in [5, 5.41) is 2.87. The maximum Gasteiger partial charge on any atom is 0.267 e. The molecule has 0 aliphatic rings. The van der Waals surface area contributed by atoms with Crippen LogP contribution in [0.4, 0.5) is 0 Å². The lowest BCUT2D eigenvalue weighted by Gasteiger charge is -2.11. The Morgan fingerprint density at radius 1 is 1.30 bits per heavy atom. The van der Waals surface area contributed by atoms with Gasteiger partial charge in [-0.05, 0) is 47.1 Å². The van der Waals surface area contributed by atoms with Gasteiger partial charge in [0.05, 0.1) is 20.5 Å². The minimum atomic E-state index is -0.0493. The molecule has 0 aliphatic carbocycles. The largest absolute Gasteiger partial charge is 0.492 e. The second kappa shape index (κ2) is 7.19. The predicted molar refractivity (Wildman–Crippen MR) is 97.5 cm³/mol. The lowest BCUT2D eigenvalue weighted by Crippen LogP contribution is -2.26. The molecule has 6 heteroatoms. The molecule has 0 saturated carbocycles. The third kappa shape index (κ3) is 3.59. The Morgan fingerprint density at radius 3 is 2.83 bits per heavy atom. The average Bonchev–Trinajstić information content (AvgIpc) is 3.06. The summed E-state index contributed by atoms with van der Waals surface area (Å²) in [6, 6.07) is 13.7. The molecule has 0 atom stereocenters. The van der Waals surface area contributed by atoms with E-state index < -0.39 is 0 Å². The molecule has 3 aromatic rings. The third-order valence-electron chi connectivity index (χ3n) is 3.46. The van der Waals surface area contributed by atoms with Crippen molar-refractivity contribution in [2.45, 2.75) is 13.5 Å². The fraction of sp³-hybridized carbons (Fsp3) is 0.235. The fourth-order valence-electron chi connectivity index (χ4n) is 2.46. The number of nitrogens with zero attached hydrogens (tertiary/aromatic N) is 1. The Balaban J connectivity index is 1.82. The van der Waals surface area contributed by atoms with Crippen LogP contribution in [-0.2, 0) is 6.54 Å². The highest BCUT2D eigenvalue weighted by Gasteiger charge is 2.17. The molecule has 0 radical (unpaired) electrons. The number of carbonyl (C=O) groups is 1. The molecule has 1 amide bonds. The van der Waals surface area contributed by atoms with Crippen molar-refractivity contribution in [3.05, 3.63) is 51.9 Å². The highest BCUT2D eigenvalue weighted by molar-refractivity contribution is 9.11. The summed E-state index contributed by atoms with van der Waals surface area (Å²) in [5.41, 5.74) is 1.73. The summed E-state index contributed by atoms with van der Waals surface area (Å²) in [4.78, 5) is 12.3. The average molecular weight is 393 g/mol. The van der Waals surface area contributed by atoms with Crippen molar-refractivity contribution in [3.8, 4) is 5.75 Å². The number of rotatable bonds is 6. The lowest BCUT2D eigenvalue weighted by atomic mass is 10.3. The van der Waals surface area contributed by atoms with Gasteiger partial charge in [0.2, 0.25) is 0 Å². The Labute approximate surface area is 147 Å². The molecule has 0 fully saturated rings. The fourth-order valence-corrected chi connectivity index (χ4v) is 4.03. The summed E-state index contributed by atoms with van der Waals surface area (Å²) < 4.78 is 9.94. The molecule has 0 aliphatic heterocycles. The van der Waals surface area contributed by atoms with Crippen molar-refractivity contribution in [1.29, 1.82) is 0 Å². The van der Waals surface area contributed by atoms with Gasteiger partial charge in [0, 0.05) is 6.54 Å². The van der Waals surface area contributed by atoms with Crippen LogP contribution in [-0.4, -0.2) is 23.6 Å². The lowest BCUT2D eigenvalue weighted by molar-refractivity contribution is 0.0946. The van der Waals surface area contributed by atoms with Gasteiger partial charge in [-0.2, -0.15) is 0 Å². The Bertz CT molecular complexity index is 811. The zero-order valence-electron chi connectivity index (χ0n) is 12.7. The highest BCUT2D eigenvalue weighted by atomic mass is 79.9. The minimum absolute atomic E-state index is 0.0493. The third-order valence-corrected chi connectivity index (χ3v) is 5.03. The SMILES string of the molecule is CCNC(=O)c1cc2sc(Br)cc2n1CCOc1ccccc1. The van der Waals surface area contributed by atoms with Gasteiger partial charge in [0.15, 0.2) is 0 Å². The van der Waals surface area contributed by atoms with E-state index in [-0.39, 0.29) is 5.91 Å². The van der Waals surface area contributed by atoms with Gasteiger partial charge in [-0.3, -0.25) is 4.79 Å². The molecule has 0 saturated heterocycles. The molecule has 0 unspecified atom stereocenters. The van der Waals surface area contributed by atoms with E-state index in [2.05, 4.69) is 21.2 Å². The summed E-state index contributed by atoms with van der Waals surface area (Å²) in [6.45, 7) is 3.66. The van der Waals surface area contributed by atoms with Crippen LogP contribution in [0.5, 0.6) is 5.75 Å². The highest BCUT2D eigenvalue weighted by Crippen LogP contribution is 2.32. The number of hydrogen-bond donors (Lipinski definition) is 1. The van der Waals surface area contributed by atoms with Crippen molar-refractivity contribution in [2.24, 2.45) is 0 Å². The molecule has 120 valence electrons. The normalized spacial score (nSPS) is 10.9. The van der Waals surface area contributed by atoms with Gasteiger partial charge in [0.25, 0.3) is 5.91 Å². The van der Waals surface area contributed by atoms with Crippen molar-refractivity contribution < 1.29 is 9.53 Å². The van der Waals surface area contributed by atoms with Crippen molar-refractivity contribution in [3.63, 3.8) is 0 Å². The van der Waals surface area contributed by atoms with Gasteiger partial charge in [-0.1, -0.05) is 18.2 Å². The summed E-state index contributed by atoms with van der Waals surface area (Å²) >= 11 is 5.14. The van der Waals surface area contributed by atoms with E-state index in [4.69, 9.17) is 4.74 Å². The number of carbonyl (C=O) groups excluding carboxylic acids is 1. The van der Waals surface area contributed by atoms with Gasteiger partial charge < -0.3 is 14.6 Å². The number of amides is 1. The summed E-state index contributed by atoms with van der Waals surface area (Å²) in [7, 11) is 0. The van der Waals surface area contributed by atoms with Crippen LogP contribution in [0.25, 0.3) is 10.2 Å². The number of nitrogens with one attached hydrogen (secondary N) is 1. The molecule has 1 aromatic carbocycles. The first-order valence-electron chi connectivity index (χ1n) is 7.43. The second-order valence-corrected chi connectivity index (χ2v) is 7.47. The topological polar surface area (TPSA) is 43.3 Å². The van der Waals surface area contributed by atoms with E-state index in [0.717, 1.165) is 19.8 Å². The van der Waals surface area contributed by atoms with Gasteiger partial charge >= 0.3 is 0 Å². The number of fused-ring (bicyclic) bond motifs is 1. The van der Waals surface area contributed by atoms with Crippen LogP contribution in [0.1, 0.15) is 17.4 Å². The van der Waals surface area contributed by atoms with Crippen molar-refractivity contribution >= 4 is 43.4 Å². The maximum atomic E-state index is 12.3. The zero-order chi connectivity index (χ0) is 16.2. The van der Waals surface area contributed by atoms with E-state index in [9.17, 15) is 4.79 Å². The number of para-hydroxylation sites is 1. The van der Waals surface area contributed by atoms with E-state index in [0.29, 0.717) is 25.4 Å². The molecule has 3 rings (SSSR count). The van der Waals surface area contributed by atoms with E-state index in [1.165, 1.54) is 0 Å². The predicted octanol–water partition coefficient (Wildman–Crippen LogP) is 4.29. The van der Waals surface area contributed by atoms with E-state index >= 15 is 0 Å². The van der Waals surface area contributed by atoms with E-state index in [1.54, 1.807) is 11.3 Å². The molecule has 0 bridgehead atoms. The van der Waals surface area contributed by atoms with Crippen LogP contribution in [0.15, 0.2) is 46.3 Å². The first-order valence-corrected chi connectivity index (χ1v) is 9.04. The van der Waals surface area contributed by atoms with Crippen LogP contribution in [0.3, 0.4) is 0 Å². The monoisotopic (exact) mass is 392 g/mol. The number of halogens is 1. The van der Waals surface area contributed by atoms with Gasteiger partial charge in [-0.15, -0.1) is 11.3 Å². The second-order valence-electron chi connectivity index (χ2n) is 5.00. The van der Waals surface area contributed by atoms with Crippen LogP contribution in [0, 0.1) is 0 Å². The minimum Gasteiger partial charge on any atom is -0.492 e. The molecule has 23 heavy (non-hydrogen) atoms.